The minimum atomic E-state index is -1.03. The topological polar surface area (TPSA) is 72.5 Å². The van der Waals surface area contributed by atoms with Crippen LogP contribution in [0, 0.1) is 0 Å². The van der Waals surface area contributed by atoms with Crippen LogP contribution in [0.5, 0.6) is 5.75 Å². The second-order valence-corrected chi connectivity index (χ2v) is 5.24. The number of hydrogen-bond donors (Lipinski definition) is 2. The number of aliphatic carboxylic acids is 1. The third kappa shape index (κ3) is 3.07. The molecule has 0 heterocycles. The van der Waals surface area contributed by atoms with Gasteiger partial charge in [-0.3, -0.25) is 4.79 Å². The normalized spacial score (nSPS) is 26.9. The van der Waals surface area contributed by atoms with Gasteiger partial charge in [-0.25, -0.2) is 0 Å². The summed E-state index contributed by atoms with van der Waals surface area (Å²) in [6, 6.07) is 8.08. The van der Waals surface area contributed by atoms with Crippen LogP contribution in [0.4, 0.5) is 0 Å². The molecule has 19 heavy (non-hydrogen) atoms. The molecule has 2 rings (SSSR count). The van der Waals surface area contributed by atoms with E-state index in [1.165, 1.54) is 5.56 Å². The van der Waals surface area contributed by atoms with Crippen molar-refractivity contribution in [2.75, 3.05) is 6.61 Å². The van der Waals surface area contributed by atoms with Crippen LogP contribution in [0.25, 0.3) is 0 Å². The van der Waals surface area contributed by atoms with Crippen LogP contribution in [0.15, 0.2) is 24.3 Å². The van der Waals surface area contributed by atoms with E-state index < -0.39 is 11.5 Å². The monoisotopic (exact) mass is 263 g/mol. The summed E-state index contributed by atoms with van der Waals surface area (Å²) in [7, 11) is 0. The van der Waals surface area contributed by atoms with Crippen molar-refractivity contribution in [3.05, 3.63) is 29.8 Å². The smallest absolute Gasteiger partial charge is 0.323 e. The van der Waals surface area contributed by atoms with Crippen LogP contribution in [-0.4, -0.2) is 23.2 Å². The second kappa shape index (κ2) is 5.61. The van der Waals surface area contributed by atoms with Gasteiger partial charge in [0.2, 0.25) is 0 Å². The molecule has 0 saturated heterocycles. The molecule has 0 bridgehead atoms. The first-order valence-electron chi connectivity index (χ1n) is 6.80. The van der Waals surface area contributed by atoms with E-state index in [2.05, 4.69) is 12.1 Å². The van der Waals surface area contributed by atoms with Gasteiger partial charge in [0.25, 0.3) is 0 Å². The second-order valence-electron chi connectivity index (χ2n) is 5.24. The van der Waals surface area contributed by atoms with Gasteiger partial charge in [-0.2, -0.15) is 0 Å². The SMILES string of the molecule is CCOc1ccc([C@H]2CC[C@](N)(C(=O)O)CC2)cc1. The molecule has 0 atom stereocenters. The van der Waals surface area contributed by atoms with E-state index in [1.807, 2.05) is 19.1 Å². The van der Waals surface area contributed by atoms with Crippen LogP contribution < -0.4 is 10.5 Å². The first kappa shape index (κ1) is 13.9. The molecular formula is C15H21NO3. The fourth-order valence-electron chi connectivity index (χ4n) is 2.68. The number of hydrogen-bond acceptors (Lipinski definition) is 3. The van der Waals surface area contributed by atoms with Gasteiger partial charge in [-0.05, 0) is 56.2 Å². The number of carboxylic acids is 1. The third-order valence-electron chi connectivity index (χ3n) is 3.97. The van der Waals surface area contributed by atoms with Crippen LogP contribution in [-0.2, 0) is 4.79 Å². The highest BCUT2D eigenvalue weighted by Crippen LogP contribution is 2.37. The Morgan fingerprint density at radius 1 is 1.37 bits per heavy atom. The summed E-state index contributed by atoms with van der Waals surface area (Å²) in [5.74, 6) is 0.408. The number of rotatable bonds is 4. The summed E-state index contributed by atoms with van der Waals surface area (Å²) in [5, 5.41) is 9.11. The molecule has 0 aliphatic heterocycles. The zero-order valence-corrected chi connectivity index (χ0v) is 11.3. The molecule has 4 nitrogen and oxygen atoms in total. The number of carbonyl (C=O) groups is 1. The summed E-state index contributed by atoms with van der Waals surface area (Å²) < 4.78 is 5.42. The quantitative estimate of drug-likeness (QED) is 0.875. The first-order valence-corrected chi connectivity index (χ1v) is 6.80. The van der Waals surface area contributed by atoms with Gasteiger partial charge in [0, 0.05) is 0 Å². The van der Waals surface area contributed by atoms with Crippen molar-refractivity contribution in [3.63, 3.8) is 0 Å². The molecule has 0 unspecified atom stereocenters. The molecule has 1 aromatic carbocycles. The average molecular weight is 263 g/mol. The minimum absolute atomic E-state index is 0.409. The lowest BCUT2D eigenvalue weighted by atomic mass is 9.75. The molecular weight excluding hydrogens is 242 g/mol. The maximum atomic E-state index is 11.1. The van der Waals surface area contributed by atoms with Gasteiger partial charge in [-0.15, -0.1) is 0 Å². The van der Waals surface area contributed by atoms with Crippen LogP contribution in [0.3, 0.4) is 0 Å². The Bertz CT molecular complexity index is 433. The maximum absolute atomic E-state index is 11.1. The van der Waals surface area contributed by atoms with E-state index in [9.17, 15) is 4.79 Å². The van der Waals surface area contributed by atoms with E-state index in [0.29, 0.717) is 25.4 Å². The van der Waals surface area contributed by atoms with E-state index in [1.54, 1.807) is 0 Å². The van der Waals surface area contributed by atoms with Gasteiger partial charge >= 0.3 is 5.97 Å². The van der Waals surface area contributed by atoms with Crippen LogP contribution in [0.2, 0.25) is 0 Å². The zero-order chi connectivity index (χ0) is 13.9. The number of ether oxygens (including phenoxy) is 1. The predicted molar refractivity (Wildman–Crippen MR) is 73.4 cm³/mol. The highest BCUT2D eigenvalue weighted by Gasteiger charge is 2.38. The predicted octanol–water partition coefficient (Wildman–Crippen LogP) is 2.53. The van der Waals surface area contributed by atoms with E-state index in [-0.39, 0.29) is 0 Å². The van der Waals surface area contributed by atoms with Crippen molar-refractivity contribution in [2.45, 2.75) is 44.1 Å². The van der Waals surface area contributed by atoms with Crippen LogP contribution in [0.1, 0.15) is 44.1 Å². The molecule has 1 aliphatic rings. The number of benzene rings is 1. The molecule has 1 saturated carbocycles. The average Bonchev–Trinajstić information content (AvgIpc) is 2.41. The zero-order valence-electron chi connectivity index (χ0n) is 11.3. The molecule has 0 radical (unpaired) electrons. The highest BCUT2D eigenvalue weighted by molar-refractivity contribution is 5.78. The maximum Gasteiger partial charge on any atom is 0.323 e. The molecule has 3 N–H and O–H groups in total. The fraction of sp³-hybridized carbons (Fsp3) is 0.533. The lowest BCUT2D eigenvalue weighted by Crippen LogP contribution is -2.50. The fourth-order valence-corrected chi connectivity index (χ4v) is 2.68. The Morgan fingerprint density at radius 2 is 1.95 bits per heavy atom. The summed E-state index contributed by atoms with van der Waals surface area (Å²) in [5.41, 5.74) is 6.11. The van der Waals surface area contributed by atoms with Crippen molar-refractivity contribution in [1.29, 1.82) is 0 Å². The Morgan fingerprint density at radius 3 is 2.42 bits per heavy atom. The molecule has 4 heteroatoms. The summed E-state index contributed by atoms with van der Waals surface area (Å²) in [6.07, 6.45) is 2.74. The lowest BCUT2D eigenvalue weighted by Gasteiger charge is -2.33. The molecule has 0 amide bonds. The van der Waals surface area contributed by atoms with Crippen molar-refractivity contribution in [1.82, 2.24) is 0 Å². The van der Waals surface area contributed by atoms with Crippen molar-refractivity contribution >= 4 is 5.97 Å². The van der Waals surface area contributed by atoms with Gasteiger partial charge in [-0.1, -0.05) is 12.1 Å². The molecule has 104 valence electrons. The van der Waals surface area contributed by atoms with Crippen molar-refractivity contribution in [3.8, 4) is 5.75 Å². The van der Waals surface area contributed by atoms with Crippen molar-refractivity contribution < 1.29 is 14.6 Å². The summed E-state index contributed by atoms with van der Waals surface area (Å²) in [6.45, 7) is 2.62. The third-order valence-corrected chi connectivity index (χ3v) is 3.97. The van der Waals surface area contributed by atoms with E-state index in [4.69, 9.17) is 15.6 Å². The molecule has 0 spiro atoms. The number of carboxylic acid groups (broad SMARTS) is 1. The summed E-state index contributed by atoms with van der Waals surface area (Å²) in [4.78, 5) is 11.1. The Hall–Kier alpha value is -1.55. The molecule has 1 fully saturated rings. The summed E-state index contributed by atoms with van der Waals surface area (Å²) >= 11 is 0. The molecule has 0 aromatic heterocycles. The standard InChI is InChI=1S/C15H21NO3/c1-2-19-13-5-3-11(4-6-13)12-7-9-15(16,10-8-12)14(17)18/h3-6,12H,2,7-10,16H2,1H3,(H,17,18)/t12-,15+. The number of nitrogens with two attached hydrogens (primary N) is 1. The molecule has 1 aromatic rings. The highest BCUT2D eigenvalue weighted by atomic mass is 16.5. The van der Waals surface area contributed by atoms with Gasteiger partial charge in [0.05, 0.1) is 6.61 Å². The van der Waals surface area contributed by atoms with Crippen LogP contribution >= 0.6 is 0 Å². The Kier molecular flexibility index (Phi) is 4.10. The first-order chi connectivity index (χ1) is 9.05. The Balaban J connectivity index is 1.99. The molecule has 1 aliphatic carbocycles. The Labute approximate surface area is 113 Å². The van der Waals surface area contributed by atoms with Gasteiger partial charge < -0.3 is 15.6 Å². The van der Waals surface area contributed by atoms with Crippen molar-refractivity contribution in [2.24, 2.45) is 5.73 Å². The van der Waals surface area contributed by atoms with Gasteiger partial charge in [0.15, 0.2) is 0 Å². The van der Waals surface area contributed by atoms with E-state index in [0.717, 1.165) is 18.6 Å². The largest absolute Gasteiger partial charge is 0.494 e. The minimum Gasteiger partial charge on any atom is -0.494 e. The lowest BCUT2D eigenvalue weighted by molar-refractivity contribution is -0.144. The van der Waals surface area contributed by atoms with E-state index >= 15 is 0 Å². The van der Waals surface area contributed by atoms with Gasteiger partial charge in [0.1, 0.15) is 11.3 Å².